The summed E-state index contributed by atoms with van der Waals surface area (Å²) in [6.45, 7) is 1.98. The minimum atomic E-state index is -0.692. The van der Waals surface area contributed by atoms with Crippen LogP contribution >= 0.6 is 0 Å². The molecule has 7 nitrogen and oxygen atoms in total. The van der Waals surface area contributed by atoms with E-state index in [0.717, 1.165) is 31.4 Å². The lowest BCUT2D eigenvalue weighted by Gasteiger charge is -2.29. The standard InChI is InChI=1S/C17H19FN6O/c1-23-7-5-10(6-8-23)24-14-9-13(20-21-15(14)17(19)22-24)11-3-2-4-12(18)16(11)25/h2-4,9-10,25H,5-8H2,1H3,(H2,19,22). The fourth-order valence-corrected chi connectivity index (χ4v) is 3.33. The van der Waals surface area contributed by atoms with Crippen LogP contribution in [0.5, 0.6) is 5.75 Å². The van der Waals surface area contributed by atoms with Crippen LogP contribution in [0.25, 0.3) is 22.3 Å². The summed E-state index contributed by atoms with van der Waals surface area (Å²) in [4.78, 5) is 2.28. The van der Waals surface area contributed by atoms with Crippen molar-refractivity contribution in [3.8, 4) is 17.0 Å². The molecule has 25 heavy (non-hydrogen) atoms. The Balaban J connectivity index is 1.82. The summed E-state index contributed by atoms with van der Waals surface area (Å²) in [5, 5.41) is 22.7. The highest BCUT2D eigenvalue weighted by atomic mass is 19.1. The van der Waals surface area contributed by atoms with Crippen LogP contribution in [0.4, 0.5) is 10.2 Å². The summed E-state index contributed by atoms with van der Waals surface area (Å²) < 4.78 is 15.5. The van der Waals surface area contributed by atoms with Crippen molar-refractivity contribution in [3.05, 3.63) is 30.1 Å². The lowest BCUT2D eigenvalue weighted by molar-refractivity contribution is 0.216. The molecule has 0 atom stereocenters. The van der Waals surface area contributed by atoms with Crippen molar-refractivity contribution in [2.75, 3.05) is 25.9 Å². The number of piperidine rings is 1. The van der Waals surface area contributed by atoms with Crippen molar-refractivity contribution in [1.29, 1.82) is 0 Å². The van der Waals surface area contributed by atoms with E-state index >= 15 is 0 Å². The summed E-state index contributed by atoms with van der Waals surface area (Å²) in [5.41, 5.74) is 7.96. The van der Waals surface area contributed by atoms with Gasteiger partial charge < -0.3 is 15.7 Å². The maximum Gasteiger partial charge on any atom is 0.174 e. The molecular weight excluding hydrogens is 323 g/mol. The van der Waals surface area contributed by atoms with Gasteiger partial charge in [-0.05, 0) is 51.2 Å². The number of nitrogens with two attached hydrogens (primary N) is 1. The van der Waals surface area contributed by atoms with Crippen molar-refractivity contribution in [3.63, 3.8) is 0 Å². The number of aromatic nitrogens is 4. The normalized spacial score (nSPS) is 16.6. The number of benzene rings is 1. The lowest BCUT2D eigenvalue weighted by atomic mass is 10.1. The summed E-state index contributed by atoms with van der Waals surface area (Å²) in [6.07, 6.45) is 1.94. The monoisotopic (exact) mass is 342 g/mol. The average molecular weight is 342 g/mol. The van der Waals surface area contributed by atoms with E-state index in [1.807, 2.05) is 4.68 Å². The number of hydrogen-bond donors (Lipinski definition) is 2. The van der Waals surface area contributed by atoms with Gasteiger partial charge in [-0.25, -0.2) is 4.39 Å². The predicted molar refractivity (Wildman–Crippen MR) is 92.6 cm³/mol. The highest BCUT2D eigenvalue weighted by Crippen LogP contribution is 2.33. The first-order chi connectivity index (χ1) is 12.0. The topological polar surface area (TPSA) is 93.1 Å². The molecule has 3 heterocycles. The fourth-order valence-electron chi connectivity index (χ4n) is 3.33. The van der Waals surface area contributed by atoms with E-state index in [0.29, 0.717) is 22.6 Å². The van der Waals surface area contributed by atoms with Gasteiger partial charge in [0, 0.05) is 5.56 Å². The highest BCUT2D eigenvalue weighted by Gasteiger charge is 2.23. The largest absolute Gasteiger partial charge is 0.504 e. The first kappa shape index (κ1) is 15.8. The second-order valence-corrected chi connectivity index (χ2v) is 6.46. The van der Waals surface area contributed by atoms with Crippen LogP contribution in [0.1, 0.15) is 18.9 Å². The van der Waals surface area contributed by atoms with E-state index in [1.165, 1.54) is 12.1 Å². The van der Waals surface area contributed by atoms with E-state index in [-0.39, 0.29) is 6.04 Å². The van der Waals surface area contributed by atoms with Crippen LogP contribution in [-0.2, 0) is 0 Å². The minimum Gasteiger partial charge on any atom is -0.504 e. The molecule has 0 saturated carbocycles. The third-order valence-corrected chi connectivity index (χ3v) is 4.78. The molecule has 4 rings (SSSR count). The number of hydrogen-bond acceptors (Lipinski definition) is 6. The number of rotatable bonds is 2. The number of anilines is 1. The molecule has 8 heteroatoms. The Labute approximate surface area is 143 Å². The molecule has 1 aromatic carbocycles. The zero-order valence-electron chi connectivity index (χ0n) is 13.9. The number of fused-ring (bicyclic) bond motifs is 1. The van der Waals surface area contributed by atoms with Crippen LogP contribution < -0.4 is 5.73 Å². The van der Waals surface area contributed by atoms with Gasteiger partial charge in [-0.3, -0.25) is 4.68 Å². The number of likely N-dealkylation sites (tertiary alicyclic amines) is 1. The molecule has 0 bridgehead atoms. The fraction of sp³-hybridized carbons (Fsp3) is 0.353. The molecule has 130 valence electrons. The number of phenolic OH excluding ortho intramolecular Hbond substituents is 1. The van der Waals surface area contributed by atoms with Crippen molar-refractivity contribution in [1.82, 2.24) is 24.9 Å². The Morgan fingerprint density at radius 3 is 2.76 bits per heavy atom. The molecule has 1 aliphatic rings. The Hall–Kier alpha value is -2.74. The Kier molecular flexibility index (Phi) is 3.76. The van der Waals surface area contributed by atoms with Gasteiger partial charge in [0.05, 0.1) is 17.3 Å². The molecule has 0 radical (unpaired) electrons. The molecule has 2 aromatic heterocycles. The Morgan fingerprint density at radius 2 is 2.00 bits per heavy atom. The van der Waals surface area contributed by atoms with Crippen LogP contribution in [0.3, 0.4) is 0 Å². The summed E-state index contributed by atoms with van der Waals surface area (Å²) in [6, 6.07) is 6.32. The Bertz CT molecular complexity index is 932. The van der Waals surface area contributed by atoms with E-state index in [2.05, 4.69) is 27.2 Å². The zero-order chi connectivity index (χ0) is 17.6. The molecule has 1 saturated heterocycles. The summed E-state index contributed by atoms with van der Waals surface area (Å²) in [5.74, 6) is -0.798. The van der Waals surface area contributed by atoms with Gasteiger partial charge in [0.1, 0.15) is 0 Å². The van der Waals surface area contributed by atoms with Gasteiger partial charge in [0.2, 0.25) is 0 Å². The molecule has 0 aliphatic carbocycles. The molecule has 3 aromatic rings. The number of phenols is 1. The summed E-state index contributed by atoms with van der Waals surface area (Å²) in [7, 11) is 2.10. The van der Waals surface area contributed by atoms with Crippen molar-refractivity contribution < 1.29 is 9.50 Å². The number of para-hydroxylation sites is 1. The minimum absolute atomic E-state index is 0.231. The average Bonchev–Trinajstić information content (AvgIpc) is 2.94. The second kappa shape index (κ2) is 5.96. The molecule has 0 spiro atoms. The SMILES string of the molecule is CN1CCC(n2nc(N)c3nnc(-c4cccc(F)c4O)cc32)CC1. The van der Waals surface area contributed by atoms with Gasteiger partial charge >= 0.3 is 0 Å². The number of aromatic hydroxyl groups is 1. The van der Waals surface area contributed by atoms with Gasteiger partial charge in [-0.1, -0.05) is 6.07 Å². The maximum absolute atomic E-state index is 13.6. The molecule has 1 aliphatic heterocycles. The maximum atomic E-state index is 13.6. The second-order valence-electron chi connectivity index (χ2n) is 6.46. The van der Waals surface area contributed by atoms with Gasteiger partial charge in [-0.15, -0.1) is 10.2 Å². The van der Waals surface area contributed by atoms with Crippen LogP contribution in [0.2, 0.25) is 0 Å². The first-order valence-corrected chi connectivity index (χ1v) is 8.22. The molecule has 1 fully saturated rings. The number of nitrogens with zero attached hydrogens (tertiary/aromatic N) is 5. The Morgan fingerprint density at radius 1 is 1.24 bits per heavy atom. The number of halogens is 1. The third kappa shape index (κ3) is 2.68. The summed E-state index contributed by atoms with van der Waals surface area (Å²) >= 11 is 0. The van der Waals surface area contributed by atoms with Crippen molar-refractivity contribution in [2.45, 2.75) is 18.9 Å². The van der Waals surface area contributed by atoms with Gasteiger partial charge in [-0.2, -0.15) is 5.10 Å². The highest BCUT2D eigenvalue weighted by molar-refractivity contribution is 5.87. The quantitative estimate of drug-likeness (QED) is 0.741. The van der Waals surface area contributed by atoms with Crippen LogP contribution in [-0.4, -0.2) is 50.1 Å². The molecular formula is C17H19FN6O. The molecule has 3 N–H and O–H groups in total. The van der Waals surface area contributed by atoms with Crippen LogP contribution in [0.15, 0.2) is 24.3 Å². The van der Waals surface area contributed by atoms with Crippen LogP contribution in [0, 0.1) is 5.82 Å². The molecule has 0 amide bonds. The van der Waals surface area contributed by atoms with E-state index in [1.54, 1.807) is 12.1 Å². The first-order valence-electron chi connectivity index (χ1n) is 8.22. The van der Waals surface area contributed by atoms with Crippen molar-refractivity contribution in [2.24, 2.45) is 0 Å². The van der Waals surface area contributed by atoms with E-state index in [9.17, 15) is 9.50 Å². The van der Waals surface area contributed by atoms with Crippen molar-refractivity contribution >= 4 is 16.9 Å². The van der Waals surface area contributed by atoms with E-state index < -0.39 is 11.6 Å². The third-order valence-electron chi connectivity index (χ3n) is 4.78. The predicted octanol–water partition coefficient (Wildman–Crippen LogP) is 2.19. The number of nitrogen functional groups attached to an aromatic ring is 1. The van der Waals surface area contributed by atoms with Gasteiger partial charge in [0.25, 0.3) is 0 Å². The lowest BCUT2D eigenvalue weighted by Crippen LogP contribution is -2.31. The zero-order valence-corrected chi connectivity index (χ0v) is 13.9. The van der Waals surface area contributed by atoms with E-state index in [4.69, 9.17) is 5.73 Å². The van der Waals surface area contributed by atoms with Gasteiger partial charge in [0.15, 0.2) is 22.9 Å². The molecule has 0 unspecified atom stereocenters. The smallest absolute Gasteiger partial charge is 0.174 e.